The molecule has 1 amide bonds. The van der Waals surface area contributed by atoms with Crippen molar-refractivity contribution < 1.29 is 4.79 Å². The molecule has 5 heteroatoms. The van der Waals surface area contributed by atoms with E-state index >= 15 is 0 Å². The summed E-state index contributed by atoms with van der Waals surface area (Å²) in [5, 5.41) is 13.1. The summed E-state index contributed by atoms with van der Waals surface area (Å²) in [5.74, 6) is 0.625. The number of nitriles is 1. The van der Waals surface area contributed by atoms with E-state index in [1.54, 1.807) is 6.07 Å². The molecule has 0 bridgehead atoms. The van der Waals surface area contributed by atoms with Gasteiger partial charge in [0, 0.05) is 19.5 Å². The smallest absolute Gasteiger partial charge is 0.223 e. The van der Waals surface area contributed by atoms with Crippen LogP contribution >= 0.6 is 0 Å². The average Bonchev–Trinajstić information content (AvgIpc) is 3.04. The van der Waals surface area contributed by atoms with Gasteiger partial charge in [0.15, 0.2) is 5.69 Å². The predicted octanol–water partition coefficient (Wildman–Crippen LogP) is 1.84. The molecule has 3 rings (SSSR count). The summed E-state index contributed by atoms with van der Waals surface area (Å²) in [6.45, 7) is 2.13. The number of allylic oxidation sites excluding steroid dienone is 2. The van der Waals surface area contributed by atoms with Crippen molar-refractivity contribution in [3.63, 3.8) is 0 Å². The van der Waals surface area contributed by atoms with Crippen molar-refractivity contribution in [2.45, 2.75) is 38.8 Å². The number of amides is 1. The van der Waals surface area contributed by atoms with Crippen LogP contribution in [0.4, 0.5) is 0 Å². The third-order valence-electron chi connectivity index (χ3n) is 4.03. The molecule has 0 N–H and O–H groups in total. The molecule has 0 unspecified atom stereocenters. The SMILES string of the molecule is N#Cc1cc2n(n1)CCCN(C(=O)C[C@@H]1C=CCC1)C2. The van der Waals surface area contributed by atoms with Gasteiger partial charge in [-0.25, -0.2) is 0 Å². The first-order valence-corrected chi connectivity index (χ1v) is 7.17. The van der Waals surface area contributed by atoms with Gasteiger partial charge in [-0.3, -0.25) is 9.48 Å². The molecule has 0 saturated heterocycles. The standard InChI is InChI=1S/C15H18N4O/c16-10-13-9-14-11-18(6-3-7-19(14)17-13)15(20)8-12-4-1-2-5-12/h1,4,9,12H,2-3,5-8,11H2/t12-/m1/s1. The number of rotatable bonds is 2. The molecule has 20 heavy (non-hydrogen) atoms. The second-order valence-electron chi connectivity index (χ2n) is 5.49. The first-order chi connectivity index (χ1) is 9.76. The summed E-state index contributed by atoms with van der Waals surface area (Å²) < 4.78 is 1.86. The molecule has 0 aromatic carbocycles. The van der Waals surface area contributed by atoms with Crippen molar-refractivity contribution in [3.8, 4) is 6.07 Å². The van der Waals surface area contributed by atoms with Crippen LogP contribution in [0.2, 0.25) is 0 Å². The largest absolute Gasteiger partial charge is 0.337 e. The topological polar surface area (TPSA) is 61.9 Å². The van der Waals surface area contributed by atoms with E-state index in [0.717, 1.165) is 38.0 Å². The third-order valence-corrected chi connectivity index (χ3v) is 4.03. The molecular formula is C15H18N4O. The minimum atomic E-state index is 0.217. The van der Waals surface area contributed by atoms with Gasteiger partial charge < -0.3 is 4.90 Å². The highest BCUT2D eigenvalue weighted by atomic mass is 16.2. The second kappa shape index (κ2) is 5.49. The quantitative estimate of drug-likeness (QED) is 0.770. The molecule has 1 atom stereocenters. The highest BCUT2D eigenvalue weighted by Gasteiger charge is 2.23. The summed E-state index contributed by atoms with van der Waals surface area (Å²) in [7, 11) is 0. The van der Waals surface area contributed by atoms with Crippen molar-refractivity contribution in [2.75, 3.05) is 6.54 Å². The van der Waals surface area contributed by atoms with Gasteiger partial charge in [0.1, 0.15) is 6.07 Å². The number of hydrogen-bond donors (Lipinski definition) is 0. The van der Waals surface area contributed by atoms with Crippen molar-refractivity contribution in [3.05, 3.63) is 29.6 Å². The van der Waals surface area contributed by atoms with E-state index < -0.39 is 0 Å². The lowest BCUT2D eigenvalue weighted by Gasteiger charge is -2.21. The third kappa shape index (κ3) is 2.60. The number of hydrogen-bond acceptors (Lipinski definition) is 3. The highest BCUT2D eigenvalue weighted by Crippen LogP contribution is 2.22. The van der Waals surface area contributed by atoms with Crippen molar-refractivity contribution in [2.24, 2.45) is 5.92 Å². The van der Waals surface area contributed by atoms with Crippen LogP contribution in [0, 0.1) is 17.2 Å². The lowest BCUT2D eigenvalue weighted by Crippen LogP contribution is -2.31. The summed E-state index contributed by atoms with van der Waals surface area (Å²) >= 11 is 0. The Balaban J connectivity index is 1.69. The van der Waals surface area contributed by atoms with Crippen LogP contribution in [0.15, 0.2) is 18.2 Å². The summed E-state index contributed by atoms with van der Waals surface area (Å²) in [4.78, 5) is 14.3. The lowest BCUT2D eigenvalue weighted by atomic mass is 10.0. The maximum atomic E-state index is 12.4. The first kappa shape index (κ1) is 12.9. The Morgan fingerprint density at radius 2 is 2.40 bits per heavy atom. The monoisotopic (exact) mass is 270 g/mol. The van der Waals surface area contributed by atoms with Crippen molar-refractivity contribution in [1.82, 2.24) is 14.7 Å². The molecule has 0 fully saturated rings. The van der Waals surface area contributed by atoms with E-state index in [1.165, 1.54) is 0 Å². The zero-order chi connectivity index (χ0) is 13.9. The Morgan fingerprint density at radius 3 is 3.15 bits per heavy atom. The zero-order valence-corrected chi connectivity index (χ0v) is 11.5. The van der Waals surface area contributed by atoms with Crippen LogP contribution in [0.5, 0.6) is 0 Å². The average molecular weight is 270 g/mol. The van der Waals surface area contributed by atoms with Crippen LogP contribution in [0.1, 0.15) is 37.1 Å². The maximum absolute atomic E-state index is 12.4. The fourth-order valence-electron chi connectivity index (χ4n) is 2.95. The molecule has 2 aliphatic rings. The van der Waals surface area contributed by atoms with Crippen LogP contribution in [-0.2, 0) is 17.9 Å². The highest BCUT2D eigenvalue weighted by molar-refractivity contribution is 5.76. The number of nitrogens with zero attached hydrogens (tertiary/aromatic N) is 4. The van der Waals surface area contributed by atoms with E-state index in [2.05, 4.69) is 23.3 Å². The number of carbonyl (C=O) groups excluding carboxylic acids is 1. The van der Waals surface area contributed by atoms with E-state index in [4.69, 9.17) is 5.26 Å². The Labute approximate surface area is 118 Å². The molecule has 5 nitrogen and oxygen atoms in total. The Kier molecular flexibility index (Phi) is 3.55. The molecule has 0 spiro atoms. The molecule has 1 aromatic rings. The van der Waals surface area contributed by atoms with Crippen LogP contribution in [0.25, 0.3) is 0 Å². The van der Waals surface area contributed by atoms with Crippen LogP contribution in [-0.4, -0.2) is 27.1 Å². The zero-order valence-electron chi connectivity index (χ0n) is 11.5. The van der Waals surface area contributed by atoms with E-state index in [9.17, 15) is 4.79 Å². The second-order valence-corrected chi connectivity index (χ2v) is 5.49. The van der Waals surface area contributed by atoms with Gasteiger partial charge in [0.2, 0.25) is 5.91 Å². The van der Waals surface area contributed by atoms with Gasteiger partial charge in [0.25, 0.3) is 0 Å². The fraction of sp³-hybridized carbons (Fsp3) is 0.533. The Hall–Kier alpha value is -2.09. The van der Waals surface area contributed by atoms with E-state index in [1.807, 2.05) is 9.58 Å². The minimum absolute atomic E-state index is 0.217. The molecule has 2 heterocycles. The molecule has 104 valence electrons. The van der Waals surface area contributed by atoms with Crippen molar-refractivity contribution in [1.29, 1.82) is 5.26 Å². The predicted molar refractivity (Wildman–Crippen MR) is 73.5 cm³/mol. The summed E-state index contributed by atoms with van der Waals surface area (Å²) in [6, 6.07) is 3.86. The normalized spacial score (nSPS) is 21.4. The Bertz CT molecular complexity index is 581. The van der Waals surface area contributed by atoms with Gasteiger partial charge in [-0.1, -0.05) is 12.2 Å². The number of aryl methyl sites for hydroxylation is 1. The van der Waals surface area contributed by atoms with Crippen LogP contribution in [0.3, 0.4) is 0 Å². The number of carbonyl (C=O) groups is 1. The molecule has 0 saturated carbocycles. The fourth-order valence-corrected chi connectivity index (χ4v) is 2.95. The number of fused-ring (bicyclic) bond motifs is 1. The summed E-state index contributed by atoms with van der Waals surface area (Å²) in [5.41, 5.74) is 1.40. The van der Waals surface area contributed by atoms with Gasteiger partial charge in [-0.05, 0) is 31.2 Å². The van der Waals surface area contributed by atoms with Gasteiger partial charge in [-0.15, -0.1) is 0 Å². The van der Waals surface area contributed by atoms with Crippen molar-refractivity contribution >= 4 is 5.91 Å². The Morgan fingerprint density at radius 1 is 1.50 bits per heavy atom. The van der Waals surface area contributed by atoms with Gasteiger partial charge in [-0.2, -0.15) is 10.4 Å². The van der Waals surface area contributed by atoms with E-state index in [0.29, 0.717) is 24.6 Å². The van der Waals surface area contributed by atoms with Gasteiger partial charge in [0.05, 0.1) is 12.2 Å². The maximum Gasteiger partial charge on any atom is 0.223 e. The summed E-state index contributed by atoms with van der Waals surface area (Å²) in [6.07, 6.45) is 8.01. The molecule has 1 aromatic heterocycles. The van der Waals surface area contributed by atoms with E-state index in [-0.39, 0.29) is 5.91 Å². The molecule has 1 aliphatic heterocycles. The van der Waals surface area contributed by atoms with Gasteiger partial charge >= 0.3 is 0 Å². The molecule has 0 radical (unpaired) electrons. The number of aromatic nitrogens is 2. The lowest BCUT2D eigenvalue weighted by molar-refractivity contribution is -0.132. The molecule has 1 aliphatic carbocycles. The minimum Gasteiger partial charge on any atom is -0.337 e. The first-order valence-electron chi connectivity index (χ1n) is 7.17. The van der Waals surface area contributed by atoms with Crippen LogP contribution < -0.4 is 0 Å². The molecular weight excluding hydrogens is 252 g/mol.